The Morgan fingerprint density at radius 2 is 1.85 bits per heavy atom. The highest BCUT2D eigenvalue weighted by Crippen LogP contribution is 2.23. The largest absolute Gasteiger partial charge is 0.387 e. The number of aryl methyl sites for hydroxylation is 1. The van der Waals surface area contributed by atoms with Crippen molar-refractivity contribution in [2.75, 3.05) is 6.54 Å². The number of nitrogens with one attached hydrogen (secondary N) is 2. The highest BCUT2D eigenvalue weighted by atomic mass is 32.1. The van der Waals surface area contributed by atoms with Crippen molar-refractivity contribution in [3.63, 3.8) is 0 Å². The first-order chi connectivity index (χ1) is 12.6. The van der Waals surface area contributed by atoms with Crippen molar-refractivity contribution < 1.29 is 9.90 Å². The van der Waals surface area contributed by atoms with Crippen LogP contribution in [0.2, 0.25) is 0 Å². The summed E-state index contributed by atoms with van der Waals surface area (Å²) < 4.78 is 0. The maximum atomic E-state index is 12.4. The van der Waals surface area contributed by atoms with Gasteiger partial charge in [0.05, 0.1) is 6.10 Å². The van der Waals surface area contributed by atoms with E-state index in [0.717, 1.165) is 21.7 Å². The molecule has 2 atom stereocenters. The van der Waals surface area contributed by atoms with E-state index in [2.05, 4.69) is 15.6 Å². The van der Waals surface area contributed by atoms with Gasteiger partial charge in [0.1, 0.15) is 11.0 Å². The van der Waals surface area contributed by atoms with Gasteiger partial charge in [0, 0.05) is 18.1 Å². The van der Waals surface area contributed by atoms with Crippen molar-refractivity contribution in [3.8, 4) is 0 Å². The summed E-state index contributed by atoms with van der Waals surface area (Å²) in [5.41, 5.74) is 2.85. The number of amides is 2. The van der Waals surface area contributed by atoms with Gasteiger partial charge in [0.15, 0.2) is 0 Å². The van der Waals surface area contributed by atoms with Crippen LogP contribution in [0.4, 0.5) is 4.79 Å². The first-order valence-corrected chi connectivity index (χ1v) is 9.25. The smallest absolute Gasteiger partial charge is 0.315 e. The van der Waals surface area contributed by atoms with E-state index in [-0.39, 0.29) is 18.6 Å². The van der Waals surface area contributed by atoms with E-state index in [1.165, 1.54) is 11.3 Å². The van der Waals surface area contributed by atoms with Crippen molar-refractivity contribution in [3.05, 3.63) is 87.9 Å². The van der Waals surface area contributed by atoms with E-state index in [4.69, 9.17) is 0 Å². The fourth-order valence-corrected chi connectivity index (χ4v) is 3.30. The number of hydrogen-bond acceptors (Lipinski definition) is 4. The molecule has 0 saturated heterocycles. The molecule has 0 spiro atoms. The lowest BCUT2D eigenvalue weighted by atomic mass is 10.1. The van der Waals surface area contributed by atoms with Crippen molar-refractivity contribution in [2.45, 2.75) is 19.1 Å². The molecule has 134 valence electrons. The maximum absolute atomic E-state index is 12.4. The zero-order chi connectivity index (χ0) is 18.4. The fourth-order valence-electron chi connectivity index (χ4n) is 2.59. The molecule has 2 aromatic carbocycles. The van der Waals surface area contributed by atoms with Crippen LogP contribution in [0, 0.1) is 6.92 Å². The quantitative estimate of drug-likeness (QED) is 0.623. The van der Waals surface area contributed by atoms with Gasteiger partial charge in [-0.3, -0.25) is 0 Å². The number of carbonyl (C=O) groups excluding carboxylic acids is 1. The third-order valence-electron chi connectivity index (χ3n) is 4.02. The van der Waals surface area contributed by atoms with Crippen LogP contribution in [0.1, 0.15) is 33.8 Å². The summed E-state index contributed by atoms with van der Waals surface area (Å²) in [7, 11) is 0. The standard InChI is InChI=1S/C20H21N3O2S/c1-14-7-9-15(10-8-14)17(24)13-22-20(25)23-18(19-21-11-12-26-19)16-5-3-2-4-6-16/h2-12,17-18,24H,13H2,1H3,(H2,22,23,25). The molecule has 0 radical (unpaired) electrons. The van der Waals surface area contributed by atoms with Crippen molar-refractivity contribution in [2.24, 2.45) is 0 Å². The van der Waals surface area contributed by atoms with Crippen LogP contribution >= 0.6 is 11.3 Å². The van der Waals surface area contributed by atoms with Crippen molar-refractivity contribution >= 4 is 17.4 Å². The van der Waals surface area contributed by atoms with E-state index in [1.54, 1.807) is 6.20 Å². The topological polar surface area (TPSA) is 74.2 Å². The Balaban J connectivity index is 1.62. The molecule has 0 aliphatic carbocycles. The second kappa shape index (κ2) is 8.60. The van der Waals surface area contributed by atoms with Crippen LogP contribution < -0.4 is 10.6 Å². The zero-order valence-electron chi connectivity index (χ0n) is 14.4. The summed E-state index contributed by atoms with van der Waals surface area (Å²) in [6, 6.07) is 16.6. The summed E-state index contributed by atoms with van der Waals surface area (Å²) in [6.07, 6.45) is 0.966. The van der Waals surface area contributed by atoms with E-state index in [0.29, 0.717) is 0 Å². The summed E-state index contributed by atoms with van der Waals surface area (Å²) >= 11 is 1.49. The Kier molecular flexibility index (Phi) is 5.99. The molecule has 2 amide bonds. The summed E-state index contributed by atoms with van der Waals surface area (Å²) in [6.45, 7) is 2.12. The predicted molar refractivity (Wildman–Crippen MR) is 103 cm³/mol. The highest BCUT2D eigenvalue weighted by molar-refractivity contribution is 7.09. The van der Waals surface area contributed by atoms with Crippen LogP contribution in [0.25, 0.3) is 0 Å². The molecule has 3 N–H and O–H groups in total. The first kappa shape index (κ1) is 18.1. The molecule has 26 heavy (non-hydrogen) atoms. The van der Waals surface area contributed by atoms with Gasteiger partial charge in [-0.05, 0) is 18.1 Å². The molecule has 0 bridgehead atoms. The van der Waals surface area contributed by atoms with E-state index in [9.17, 15) is 9.90 Å². The molecule has 0 saturated carbocycles. The minimum absolute atomic E-state index is 0.133. The van der Waals surface area contributed by atoms with Crippen LogP contribution in [0.3, 0.4) is 0 Å². The lowest BCUT2D eigenvalue weighted by Crippen LogP contribution is -2.40. The zero-order valence-corrected chi connectivity index (χ0v) is 15.2. The van der Waals surface area contributed by atoms with Crippen molar-refractivity contribution in [1.82, 2.24) is 15.6 Å². The third kappa shape index (κ3) is 4.68. The molecule has 0 aliphatic heterocycles. The number of rotatable bonds is 6. The monoisotopic (exact) mass is 367 g/mol. The number of hydrogen-bond donors (Lipinski definition) is 3. The highest BCUT2D eigenvalue weighted by Gasteiger charge is 2.19. The fraction of sp³-hybridized carbons (Fsp3) is 0.200. The predicted octanol–water partition coefficient (Wildman–Crippen LogP) is 3.57. The van der Waals surface area contributed by atoms with Gasteiger partial charge >= 0.3 is 6.03 Å². The number of urea groups is 1. The van der Waals surface area contributed by atoms with Crippen LogP contribution in [-0.2, 0) is 0 Å². The Morgan fingerprint density at radius 3 is 2.50 bits per heavy atom. The van der Waals surface area contributed by atoms with Gasteiger partial charge in [0.25, 0.3) is 0 Å². The Labute approximate surface area is 156 Å². The Morgan fingerprint density at radius 1 is 1.12 bits per heavy atom. The molecule has 1 heterocycles. The Hall–Kier alpha value is -2.70. The lowest BCUT2D eigenvalue weighted by Gasteiger charge is -2.19. The number of thiazole rings is 1. The van der Waals surface area contributed by atoms with E-state index in [1.807, 2.05) is 66.9 Å². The molecule has 6 heteroatoms. The minimum Gasteiger partial charge on any atom is -0.387 e. The van der Waals surface area contributed by atoms with E-state index < -0.39 is 6.10 Å². The van der Waals surface area contributed by atoms with Gasteiger partial charge in [-0.1, -0.05) is 60.2 Å². The summed E-state index contributed by atoms with van der Waals surface area (Å²) in [5, 5.41) is 18.6. The van der Waals surface area contributed by atoms with Gasteiger partial charge in [-0.2, -0.15) is 0 Å². The summed E-state index contributed by atoms with van der Waals surface area (Å²) in [4.78, 5) is 16.7. The SMILES string of the molecule is Cc1ccc(C(O)CNC(=O)NC(c2ccccc2)c2nccs2)cc1. The first-order valence-electron chi connectivity index (χ1n) is 8.37. The number of aromatic nitrogens is 1. The molecule has 1 aromatic heterocycles. The van der Waals surface area contributed by atoms with Crippen LogP contribution in [-0.4, -0.2) is 22.7 Å². The number of nitrogens with zero attached hydrogens (tertiary/aromatic N) is 1. The normalized spacial score (nSPS) is 13.0. The van der Waals surface area contributed by atoms with Crippen LogP contribution in [0.15, 0.2) is 66.2 Å². The number of aliphatic hydroxyl groups excluding tert-OH is 1. The molecule has 3 aromatic rings. The molecular formula is C20H21N3O2S. The molecule has 0 aliphatic rings. The molecule has 0 fully saturated rings. The Bertz CT molecular complexity index is 820. The number of aliphatic hydroxyl groups is 1. The molecule has 3 rings (SSSR count). The van der Waals surface area contributed by atoms with Gasteiger partial charge < -0.3 is 15.7 Å². The second-order valence-corrected chi connectivity index (χ2v) is 6.92. The second-order valence-electron chi connectivity index (χ2n) is 5.99. The maximum Gasteiger partial charge on any atom is 0.315 e. The average molecular weight is 367 g/mol. The van der Waals surface area contributed by atoms with E-state index >= 15 is 0 Å². The molecular weight excluding hydrogens is 346 g/mol. The van der Waals surface area contributed by atoms with Crippen LogP contribution in [0.5, 0.6) is 0 Å². The third-order valence-corrected chi connectivity index (χ3v) is 4.87. The van der Waals surface area contributed by atoms with Gasteiger partial charge in [0.2, 0.25) is 0 Å². The van der Waals surface area contributed by atoms with Gasteiger partial charge in [-0.25, -0.2) is 9.78 Å². The van der Waals surface area contributed by atoms with Crippen molar-refractivity contribution in [1.29, 1.82) is 0 Å². The average Bonchev–Trinajstić information content (AvgIpc) is 3.20. The number of benzene rings is 2. The number of carbonyl (C=O) groups is 1. The molecule has 2 unspecified atom stereocenters. The van der Waals surface area contributed by atoms with Gasteiger partial charge in [-0.15, -0.1) is 11.3 Å². The lowest BCUT2D eigenvalue weighted by molar-refractivity contribution is 0.172. The summed E-state index contributed by atoms with van der Waals surface area (Å²) in [5.74, 6) is 0. The molecule has 5 nitrogen and oxygen atoms in total. The minimum atomic E-state index is -0.753.